The third-order valence-electron chi connectivity index (χ3n) is 6.46. The van der Waals surface area contributed by atoms with E-state index in [1.165, 1.54) is 19.3 Å². The average Bonchev–Trinajstić information content (AvgIpc) is 3.17. The molecule has 5 rings (SSSR count). The van der Waals surface area contributed by atoms with Crippen LogP contribution < -0.4 is 10.9 Å². The van der Waals surface area contributed by atoms with Crippen molar-refractivity contribution < 1.29 is 4.79 Å². The number of rotatable bonds is 6. The molecule has 2 aromatic carbocycles. The van der Waals surface area contributed by atoms with E-state index in [4.69, 9.17) is 0 Å². The molecule has 0 unspecified atom stereocenters. The monoisotopic (exact) mass is 440 g/mol. The van der Waals surface area contributed by atoms with Crippen LogP contribution in [0.25, 0.3) is 16.6 Å². The van der Waals surface area contributed by atoms with Gasteiger partial charge in [-0.25, -0.2) is 4.68 Å². The molecule has 33 heavy (non-hydrogen) atoms. The molecule has 1 aliphatic carbocycles. The van der Waals surface area contributed by atoms with Crippen LogP contribution in [-0.4, -0.2) is 26.8 Å². The fraction of sp³-hybridized carbons (Fsp3) is 0.296. The van der Waals surface area contributed by atoms with E-state index in [2.05, 4.69) is 15.0 Å². The number of nitrogens with zero attached hydrogens (tertiary/aromatic N) is 3. The summed E-state index contributed by atoms with van der Waals surface area (Å²) in [4.78, 5) is 30.7. The minimum absolute atomic E-state index is 0.0788. The highest BCUT2D eigenvalue weighted by atomic mass is 16.2. The van der Waals surface area contributed by atoms with Gasteiger partial charge in [0, 0.05) is 30.4 Å². The Balaban J connectivity index is 1.48. The molecule has 1 amide bonds. The van der Waals surface area contributed by atoms with Gasteiger partial charge >= 0.3 is 0 Å². The Morgan fingerprint density at radius 1 is 0.970 bits per heavy atom. The second-order valence-electron chi connectivity index (χ2n) is 8.65. The molecule has 1 fully saturated rings. The van der Waals surface area contributed by atoms with Crippen molar-refractivity contribution in [1.29, 1.82) is 0 Å². The van der Waals surface area contributed by atoms with Gasteiger partial charge < -0.3 is 5.32 Å². The predicted molar refractivity (Wildman–Crippen MR) is 130 cm³/mol. The fourth-order valence-electron chi connectivity index (χ4n) is 4.82. The van der Waals surface area contributed by atoms with Crippen LogP contribution >= 0.6 is 0 Å². The summed E-state index contributed by atoms with van der Waals surface area (Å²) in [5.74, 6) is -0.177. The van der Waals surface area contributed by atoms with Crippen LogP contribution in [0.2, 0.25) is 0 Å². The molecule has 0 radical (unpaired) electrons. The van der Waals surface area contributed by atoms with Crippen molar-refractivity contribution >= 4 is 16.8 Å². The van der Waals surface area contributed by atoms with Crippen molar-refractivity contribution in [3.05, 3.63) is 94.5 Å². The molecule has 1 aliphatic rings. The van der Waals surface area contributed by atoms with Gasteiger partial charge in [0.05, 0.1) is 22.6 Å². The highest BCUT2D eigenvalue weighted by Gasteiger charge is 2.24. The number of nitrogens with one attached hydrogen (secondary N) is 1. The smallest absolute Gasteiger partial charge is 0.279 e. The van der Waals surface area contributed by atoms with Crippen molar-refractivity contribution in [2.24, 2.45) is 0 Å². The second-order valence-corrected chi connectivity index (χ2v) is 8.65. The molecule has 0 atom stereocenters. The van der Waals surface area contributed by atoms with Crippen molar-refractivity contribution in [1.82, 2.24) is 19.7 Å². The lowest BCUT2D eigenvalue weighted by molar-refractivity contribution is 0.0954. The Bertz CT molecular complexity index is 1300. The molecule has 168 valence electrons. The van der Waals surface area contributed by atoms with Crippen LogP contribution in [0.5, 0.6) is 0 Å². The molecule has 6 heteroatoms. The van der Waals surface area contributed by atoms with E-state index < -0.39 is 0 Å². The molecule has 0 aliphatic heterocycles. The average molecular weight is 441 g/mol. The zero-order valence-corrected chi connectivity index (χ0v) is 18.6. The number of fused-ring (bicyclic) bond motifs is 1. The number of hydrogen-bond donors (Lipinski definition) is 1. The van der Waals surface area contributed by atoms with E-state index in [9.17, 15) is 9.59 Å². The van der Waals surface area contributed by atoms with Gasteiger partial charge in [-0.2, -0.15) is 0 Å². The third-order valence-corrected chi connectivity index (χ3v) is 6.46. The maximum atomic E-state index is 13.6. The Morgan fingerprint density at radius 2 is 1.76 bits per heavy atom. The van der Waals surface area contributed by atoms with Crippen LogP contribution in [0.4, 0.5) is 0 Å². The summed E-state index contributed by atoms with van der Waals surface area (Å²) in [6.45, 7) is 0.491. The summed E-state index contributed by atoms with van der Waals surface area (Å²) in [6.07, 6.45) is 8.12. The largest absolute Gasteiger partial charge is 0.352 e. The Morgan fingerprint density at radius 3 is 2.52 bits per heavy atom. The lowest BCUT2D eigenvalue weighted by Crippen LogP contribution is -2.26. The first kappa shape index (κ1) is 21.2. The lowest BCUT2D eigenvalue weighted by Gasteiger charge is -2.26. The van der Waals surface area contributed by atoms with Crippen molar-refractivity contribution in [2.45, 2.75) is 44.6 Å². The minimum Gasteiger partial charge on any atom is -0.352 e. The SMILES string of the molecule is O=C(NCCc1ccccn1)c1ccc2c(c1)c(=O)n(-c1ccccc1)n2C1CCCCC1. The van der Waals surface area contributed by atoms with E-state index >= 15 is 0 Å². The van der Waals surface area contributed by atoms with Crippen LogP contribution in [-0.2, 0) is 6.42 Å². The van der Waals surface area contributed by atoms with Gasteiger partial charge in [-0.3, -0.25) is 19.3 Å². The van der Waals surface area contributed by atoms with E-state index in [-0.39, 0.29) is 17.5 Å². The summed E-state index contributed by atoms with van der Waals surface area (Å²) < 4.78 is 3.96. The molecule has 1 saturated carbocycles. The van der Waals surface area contributed by atoms with E-state index in [0.717, 1.165) is 29.7 Å². The van der Waals surface area contributed by atoms with Gasteiger partial charge in [0.15, 0.2) is 0 Å². The highest BCUT2D eigenvalue weighted by Crippen LogP contribution is 2.31. The maximum absolute atomic E-state index is 13.6. The zero-order chi connectivity index (χ0) is 22.6. The molecule has 2 aromatic heterocycles. The third kappa shape index (κ3) is 4.33. The number of carbonyl (C=O) groups excluding carboxylic acids is 1. The van der Waals surface area contributed by atoms with Gasteiger partial charge in [-0.05, 0) is 55.3 Å². The summed E-state index contributed by atoms with van der Waals surface area (Å²) >= 11 is 0. The molecule has 0 spiro atoms. The van der Waals surface area contributed by atoms with Crippen molar-refractivity contribution in [3.8, 4) is 5.69 Å². The van der Waals surface area contributed by atoms with Crippen molar-refractivity contribution in [2.75, 3.05) is 6.54 Å². The maximum Gasteiger partial charge on any atom is 0.279 e. The first-order valence-electron chi connectivity index (χ1n) is 11.7. The Hall–Kier alpha value is -3.67. The van der Waals surface area contributed by atoms with Gasteiger partial charge in [-0.1, -0.05) is 43.5 Å². The van der Waals surface area contributed by atoms with E-state index in [1.54, 1.807) is 16.9 Å². The van der Waals surface area contributed by atoms with E-state index in [1.807, 2.05) is 60.7 Å². The predicted octanol–water partition coefficient (Wildman–Crippen LogP) is 4.66. The molecule has 4 aromatic rings. The second kappa shape index (κ2) is 9.45. The zero-order valence-electron chi connectivity index (χ0n) is 18.6. The number of carbonyl (C=O) groups is 1. The molecule has 2 heterocycles. The molecule has 6 nitrogen and oxygen atoms in total. The van der Waals surface area contributed by atoms with Gasteiger partial charge in [0.2, 0.25) is 0 Å². The Kier molecular flexibility index (Phi) is 6.07. The van der Waals surface area contributed by atoms with Crippen LogP contribution in [0.1, 0.15) is 54.2 Å². The van der Waals surface area contributed by atoms with Gasteiger partial charge in [0.1, 0.15) is 0 Å². The van der Waals surface area contributed by atoms with Crippen LogP contribution in [0.3, 0.4) is 0 Å². The fourth-order valence-corrected chi connectivity index (χ4v) is 4.82. The number of aromatic nitrogens is 3. The number of amides is 1. The quantitative estimate of drug-likeness (QED) is 0.474. The van der Waals surface area contributed by atoms with Gasteiger partial charge in [0.25, 0.3) is 11.5 Å². The summed E-state index contributed by atoms with van der Waals surface area (Å²) in [5, 5.41) is 3.54. The van der Waals surface area contributed by atoms with E-state index in [0.29, 0.717) is 23.9 Å². The topological polar surface area (TPSA) is 68.9 Å². The summed E-state index contributed by atoms with van der Waals surface area (Å²) in [6, 6.07) is 21.3. The highest BCUT2D eigenvalue weighted by molar-refractivity contribution is 5.98. The Labute approximate surface area is 192 Å². The first-order chi connectivity index (χ1) is 16.2. The molecule has 0 saturated heterocycles. The molecule has 1 N–H and O–H groups in total. The molecular formula is C27H28N4O2. The summed E-state index contributed by atoms with van der Waals surface area (Å²) in [5.41, 5.74) is 3.10. The standard InChI is InChI=1S/C27H28N4O2/c32-26(29-18-16-21-9-7-8-17-28-21)20-14-15-25-24(19-20)27(33)31(23-12-5-2-6-13-23)30(25)22-10-3-1-4-11-22/h2,5-9,12-15,17,19,22H,1,3-4,10-11,16,18H2,(H,29,32). The summed E-state index contributed by atoms with van der Waals surface area (Å²) in [7, 11) is 0. The number of pyridine rings is 1. The normalized spacial score (nSPS) is 14.4. The number of hydrogen-bond acceptors (Lipinski definition) is 3. The van der Waals surface area contributed by atoms with Crippen molar-refractivity contribution in [3.63, 3.8) is 0 Å². The van der Waals surface area contributed by atoms with Crippen LogP contribution in [0, 0.1) is 0 Å². The van der Waals surface area contributed by atoms with Gasteiger partial charge in [-0.15, -0.1) is 0 Å². The van der Waals surface area contributed by atoms with Crippen LogP contribution in [0.15, 0.2) is 77.7 Å². The number of para-hydroxylation sites is 1. The molecule has 0 bridgehead atoms. The minimum atomic E-state index is -0.177. The lowest BCUT2D eigenvalue weighted by atomic mass is 9.95. The molecular weight excluding hydrogens is 412 g/mol. The first-order valence-corrected chi connectivity index (χ1v) is 11.7. The number of benzene rings is 2.